The number of benzene rings is 3. The molecule has 2 aliphatic heterocycles. The van der Waals surface area contributed by atoms with E-state index in [4.69, 9.17) is 19.3 Å². The number of aliphatic carboxylic acids is 1. The van der Waals surface area contributed by atoms with Gasteiger partial charge in [-0.15, -0.1) is 0 Å². The molecule has 2 heterocycles. The fourth-order valence-electron chi connectivity index (χ4n) is 6.70. The van der Waals surface area contributed by atoms with Crippen molar-refractivity contribution < 1.29 is 38.8 Å². The van der Waals surface area contributed by atoms with E-state index in [1.165, 1.54) is 0 Å². The minimum absolute atomic E-state index is 0.0309. The molecule has 5 rings (SSSR count). The number of esters is 1. The third kappa shape index (κ3) is 9.78. The van der Waals surface area contributed by atoms with Crippen LogP contribution in [0.1, 0.15) is 94.4 Å². The summed E-state index contributed by atoms with van der Waals surface area (Å²) in [5, 5.41) is 21.4. The van der Waals surface area contributed by atoms with Crippen molar-refractivity contribution in [2.45, 2.75) is 103 Å². The molecule has 0 radical (unpaired) electrons. The van der Waals surface area contributed by atoms with Gasteiger partial charge in [-0.25, -0.2) is 0 Å². The molecule has 10 nitrogen and oxygen atoms in total. The van der Waals surface area contributed by atoms with Gasteiger partial charge in [0.05, 0.1) is 18.8 Å². The SMILES string of the molecule is C[C@@H]1[C@H](CN2CCC[C@H]2C(=O)OC(C)(C)C)O[C@H](c2ccc(-c3ccccc3CNC(=O)CCCC(=O)O)cc2)O[C@@H]1c1ccc(CO)cc1. The number of carboxylic acid groups (broad SMARTS) is 1. The van der Waals surface area contributed by atoms with Crippen LogP contribution >= 0.6 is 0 Å². The number of likely N-dealkylation sites (tertiary alicyclic amines) is 1. The maximum absolute atomic E-state index is 13.1. The molecule has 2 fully saturated rings. The van der Waals surface area contributed by atoms with E-state index in [1.807, 2.05) is 93.6 Å². The van der Waals surface area contributed by atoms with Gasteiger partial charge in [-0.05, 0) is 74.4 Å². The van der Waals surface area contributed by atoms with Crippen molar-refractivity contribution in [3.05, 3.63) is 95.1 Å². The highest BCUT2D eigenvalue weighted by Gasteiger charge is 2.42. The predicted molar refractivity (Wildman–Crippen MR) is 189 cm³/mol. The Labute approximate surface area is 294 Å². The van der Waals surface area contributed by atoms with Gasteiger partial charge in [-0.3, -0.25) is 19.3 Å². The summed E-state index contributed by atoms with van der Waals surface area (Å²) in [5.74, 6) is -1.32. The molecule has 0 bridgehead atoms. The smallest absolute Gasteiger partial charge is 0.323 e. The normalized spacial score (nSPS) is 22.6. The first-order valence-corrected chi connectivity index (χ1v) is 17.6. The van der Waals surface area contributed by atoms with Crippen molar-refractivity contribution in [1.29, 1.82) is 0 Å². The van der Waals surface area contributed by atoms with Crippen LogP contribution in [0.15, 0.2) is 72.8 Å². The molecular weight excluding hydrogens is 636 g/mol. The lowest BCUT2D eigenvalue weighted by molar-refractivity contribution is -0.276. The summed E-state index contributed by atoms with van der Waals surface area (Å²) in [5.41, 5.74) is 5.01. The number of carboxylic acids is 1. The zero-order chi connectivity index (χ0) is 35.8. The third-order valence-corrected chi connectivity index (χ3v) is 9.36. The van der Waals surface area contributed by atoms with E-state index in [-0.39, 0.29) is 55.5 Å². The van der Waals surface area contributed by atoms with Crippen molar-refractivity contribution in [2.24, 2.45) is 5.92 Å². The first-order valence-electron chi connectivity index (χ1n) is 17.6. The Morgan fingerprint density at radius 2 is 1.64 bits per heavy atom. The van der Waals surface area contributed by atoms with Crippen molar-refractivity contribution >= 4 is 17.8 Å². The predicted octanol–water partition coefficient (Wildman–Crippen LogP) is 6.31. The summed E-state index contributed by atoms with van der Waals surface area (Å²) in [6.07, 6.45) is 0.908. The molecule has 3 aromatic rings. The van der Waals surface area contributed by atoms with Gasteiger partial charge in [0.25, 0.3) is 0 Å². The second kappa shape index (κ2) is 16.7. The zero-order valence-electron chi connectivity index (χ0n) is 29.5. The minimum atomic E-state index is -0.911. The van der Waals surface area contributed by atoms with E-state index in [9.17, 15) is 19.5 Å². The standard InChI is InChI=1S/C40H50N2O8/c1-26-34(24-42-22-8-11-33(42)38(47)50-40(2,3)4)48-39(49-37(26)29-16-14-27(25-43)15-17-29)30-20-18-28(19-21-30)32-10-6-5-9-31(32)23-41-35(44)12-7-13-36(45)46/h5-6,9-10,14-21,26,33-34,37,39,43H,7-8,11-13,22-25H2,1-4H3,(H,41,44)(H,45,46)/t26-,33+,34+,37+,39+/m1/s1. The van der Waals surface area contributed by atoms with E-state index < -0.39 is 17.9 Å². The van der Waals surface area contributed by atoms with Crippen LogP contribution in [0.2, 0.25) is 0 Å². The molecule has 0 spiro atoms. The van der Waals surface area contributed by atoms with Crippen molar-refractivity contribution in [3.63, 3.8) is 0 Å². The van der Waals surface area contributed by atoms with Crippen LogP contribution in [-0.4, -0.2) is 63.8 Å². The average Bonchev–Trinajstić information content (AvgIpc) is 3.56. The summed E-state index contributed by atoms with van der Waals surface area (Å²) < 4.78 is 19.2. The van der Waals surface area contributed by atoms with Gasteiger partial charge in [-0.1, -0.05) is 79.7 Å². The summed E-state index contributed by atoms with van der Waals surface area (Å²) >= 11 is 0. The fraction of sp³-hybridized carbons (Fsp3) is 0.475. The number of nitrogens with one attached hydrogen (secondary N) is 1. The van der Waals surface area contributed by atoms with Gasteiger partial charge in [0.15, 0.2) is 6.29 Å². The van der Waals surface area contributed by atoms with Gasteiger partial charge < -0.3 is 29.7 Å². The largest absolute Gasteiger partial charge is 0.481 e. The first kappa shape index (κ1) is 37.2. The van der Waals surface area contributed by atoms with Crippen LogP contribution < -0.4 is 5.32 Å². The third-order valence-electron chi connectivity index (χ3n) is 9.36. The first-order chi connectivity index (χ1) is 23.9. The van der Waals surface area contributed by atoms with Crippen molar-refractivity contribution in [3.8, 4) is 11.1 Å². The van der Waals surface area contributed by atoms with Crippen molar-refractivity contribution in [2.75, 3.05) is 13.1 Å². The maximum atomic E-state index is 13.1. The lowest BCUT2D eigenvalue weighted by atomic mass is 9.89. The monoisotopic (exact) mass is 686 g/mol. The van der Waals surface area contributed by atoms with Crippen LogP contribution in [0.3, 0.4) is 0 Å². The average molecular weight is 687 g/mol. The van der Waals surface area contributed by atoms with Gasteiger partial charge in [-0.2, -0.15) is 0 Å². The number of rotatable bonds is 13. The number of nitrogens with zero attached hydrogens (tertiary/aromatic N) is 1. The summed E-state index contributed by atoms with van der Waals surface area (Å²) in [6.45, 7) is 9.43. The van der Waals surface area contributed by atoms with Crippen LogP contribution in [0.5, 0.6) is 0 Å². The molecule has 50 heavy (non-hydrogen) atoms. The van der Waals surface area contributed by atoms with E-state index in [1.54, 1.807) is 0 Å². The number of aliphatic hydroxyl groups is 1. The Hall–Kier alpha value is -4.09. The van der Waals surface area contributed by atoms with E-state index in [2.05, 4.69) is 17.1 Å². The van der Waals surface area contributed by atoms with Crippen LogP contribution in [0.25, 0.3) is 11.1 Å². The van der Waals surface area contributed by atoms with E-state index >= 15 is 0 Å². The molecule has 1 amide bonds. The lowest BCUT2D eigenvalue weighted by Crippen LogP contribution is -2.48. The maximum Gasteiger partial charge on any atom is 0.323 e. The number of aliphatic hydroxyl groups excluding tert-OH is 1. The molecule has 3 N–H and O–H groups in total. The minimum Gasteiger partial charge on any atom is -0.481 e. The summed E-state index contributed by atoms with van der Waals surface area (Å²) in [7, 11) is 0. The molecule has 0 unspecified atom stereocenters. The summed E-state index contributed by atoms with van der Waals surface area (Å²) in [4.78, 5) is 38.4. The fourth-order valence-corrected chi connectivity index (χ4v) is 6.70. The molecule has 2 aliphatic rings. The van der Waals surface area contributed by atoms with Crippen LogP contribution in [0, 0.1) is 5.92 Å². The highest BCUT2D eigenvalue weighted by molar-refractivity contribution is 5.77. The quantitative estimate of drug-likeness (QED) is 0.177. The number of carbonyl (C=O) groups excluding carboxylic acids is 2. The zero-order valence-corrected chi connectivity index (χ0v) is 29.5. The van der Waals surface area contributed by atoms with Gasteiger partial charge in [0.2, 0.25) is 5.91 Å². The van der Waals surface area contributed by atoms with Gasteiger partial charge in [0.1, 0.15) is 11.6 Å². The van der Waals surface area contributed by atoms with E-state index in [0.29, 0.717) is 19.5 Å². The van der Waals surface area contributed by atoms with Gasteiger partial charge >= 0.3 is 11.9 Å². The number of hydrogen-bond donors (Lipinski definition) is 3. The van der Waals surface area contributed by atoms with Crippen LogP contribution in [-0.2, 0) is 41.7 Å². The molecule has 0 saturated carbocycles. The Morgan fingerprint density at radius 1 is 0.940 bits per heavy atom. The topological polar surface area (TPSA) is 135 Å². The second-order valence-electron chi connectivity index (χ2n) is 14.3. The Kier molecular flexibility index (Phi) is 12.4. The summed E-state index contributed by atoms with van der Waals surface area (Å²) in [6, 6.07) is 23.4. The van der Waals surface area contributed by atoms with Gasteiger partial charge in [0, 0.05) is 37.4 Å². The highest BCUT2D eigenvalue weighted by Crippen LogP contribution is 2.43. The highest BCUT2D eigenvalue weighted by atomic mass is 16.7. The number of amides is 1. The number of hydrogen-bond acceptors (Lipinski definition) is 8. The Bertz CT molecular complexity index is 1600. The molecule has 268 valence electrons. The van der Waals surface area contributed by atoms with E-state index in [0.717, 1.165) is 52.8 Å². The molecule has 5 atom stereocenters. The van der Waals surface area contributed by atoms with Crippen molar-refractivity contribution in [1.82, 2.24) is 10.2 Å². The molecule has 0 aromatic heterocycles. The number of carbonyl (C=O) groups is 3. The van der Waals surface area contributed by atoms with Crippen LogP contribution in [0.4, 0.5) is 0 Å². The molecule has 2 saturated heterocycles. The number of ether oxygens (including phenoxy) is 3. The second-order valence-corrected chi connectivity index (χ2v) is 14.3. The Morgan fingerprint density at radius 3 is 2.32 bits per heavy atom. The Balaban J connectivity index is 1.34. The molecule has 0 aliphatic carbocycles. The molecule has 3 aromatic carbocycles. The lowest BCUT2D eigenvalue weighted by Gasteiger charge is -2.43. The molecular formula is C40H50N2O8. The molecule has 10 heteroatoms.